The van der Waals surface area contributed by atoms with E-state index >= 15 is 0 Å². The maximum Gasteiger partial charge on any atom is 0.256 e. The first-order valence-corrected chi connectivity index (χ1v) is 5.11. The Kier molecular flexibility index (Phi) is 4.88. The van der Waals surface area contributed by atoms with Crippen LogP contribution in [0, 0.1) is 0 Å². The molecule has 5 nitrogen and oxygen atoms in total. The summed E-state index contributed by atoms with van der Waals surface area (Å²) in [4.78, 5) is 15.4. The molecule has 1 rings (SSSR count). The Morgan fingerprint density at radius 3 is 2.88 bits per heavy atom. The van der Waals surface area contributed by atoms with Crippen molar-refractivity contribution in [3.8, 4) is 0 Å². The zero-order chi connectivity index (χ0) is 12.0. The van der Waals surface area contributed by atoms with Crippen LogP contribution in [0.3, 0.4) is 0 Å². The molecule has 1 aromatic heterocycles. The molecule has 5 heteroatoms. The van der Waals surface area contributed by atoms with E-state index in [1.165, 1.54) is 0 Å². The summed E-state index contributed by atoms with van der Waals surface area (Å²) >= 11 is 0. The first kappa shape index (κ1) is 12.6. The SMILES string of the molecule is CC(C)OCC(O)C(=O)Nc1ccccn1. The number of amides is 1. The van der Waals surface area contributed by atoms with E-state index in [2.05, 4.69) is 10.3 Å². The minimum absolute atomic E-state index is 0.0164. The Balaban J connectivity index is 2.40. The molecule has 1 unspecified atom stereocenters. The second-order valence-corrected chi connectivity index (χ2v) is 3.60. The molecule has 0 saturated heterocycles. The number of aliphatic hydroxyl groups excluding tert-OH is 1. The summed E-state index contributed by atoms with van der Waals surface area (Å²) in [6, 6.07) is 5.14. The van der Waals surface area contributed by atoms with E-state index in [9.17, 15) is 9.90 Å². The molecule has 2 N–H and O–H groups in total. The fourth-order valence-electron chi connectivity index (χ4n) is 1.01. The van der Waals surface area contributed by atoms with Gasteiger partial charge in [0, 0.05) is 6.20 Å². The minimum Gasteiger partial charge on any atom is -0.381 e. The Morgan fingerprint density at radius 1 is 1.56 bits per heavy atom. The van der Waals surface area contributed by atoms with Crippen molar-refractivity contribution in [2.45, 2.75) is 26.1 Å². The van der Waals surface area contributed by atoms with Gasteiger partial charge >= 0.3 is 0 Å². The molecule has 0 bridgehead atoms. The summed E-state index contributed by atoms with van der Waals surface area (Å²) in [6.07, 6.45) is 0.369. The van der Waals surface area contributed by atoms with E-state index in [4.69, 9.17) is 4.74 Å². The normalized spacial score (nSPS) is 12.5. The van der Waals surface area contributed by atoms with Gasteiger partial charge in [0.2, 0.25) is 0 Å². The monoisotopic (exact) mass is 224 g/mol. The number of rotatable bonds is 5. The van der Waals surface area contributed by atoms with Gasteiger partial charge in [-0.1, -0.05) is 6.07 Å². The van der Waals surface area contributed by atoms with Crippen molar-refractivity contribution in [3.63, 3.8) is 0 Å². The van der Waals surface area contributed by atoms with Gasteiger partial charge < -0.3 is 15.2 Å². The maximum atomic E-state index is 11.4. The summed E-state index contributed by atoms with van der Waals surface area (Å²) in [7, 11) is 0. The number of hydrogen-bond donors (Lipinski definition) is 2. The average Bonchev–Trinajstić information content (AvgIpc) is 2.27. The number of aliphatic hydroxyl groups is 1. The van der Waals surface area contributed by atoms with Crippen LogP contribution in [0.15, 0.2) is 24.4 Å². The van der Waals surface area contributed by atoms with Crippen LogP contribution in [0.25, 0.3) is 0 Å². The lowest BCUT2D eigenvalue weighted by Crippen LogP contribution is -2.32. The van der Waals surface area contributed by atoms with E-state index < -0.39 is 12.0 Å². The van der Waals surface area contributed by atoms with Crippen molar-refractivity contribution in [2.75, 3.05) is 11.9 Å². The van der Waals surface area contributed by atoms with Gasteiger partial charge in [0.15, 0.2) is 6.10 Å². The highest BCUT2D eigenvalue weighted by Gasteiger charge is 2.16. The number of aromatic nitrogens is 1. The number of anilines is 1. The Hall–Kier alpha value is -1.46. The number of carbonyl (C=O) groups is 1. The Morgan fingerprint density at radius 2 is 2.31 bits per heavy atom. The van der Waals surface area contributed by atoms with Gasteiger partial charge in [-0.25, -0.2) is 4.98 Å². The molecule has 1 aromatic rings. The number of nitrogens with one attached hydrogen (secondary N) is 1. The number of hydrogen-bond acceptors (Lipinski definition) is 4. The van der Waals surface area contributed by atoms with E-state index in [1.54, 1.807) is 24.4 Å². The molecule has 0 aliphatic heterocycles. The van der Waals surface area contributed by atoms with Crippen LogP contribution in [0.2, 0.25) is 0 Å². The topological polar surface area (TPSA) is 71.5 Å². The summed E-state index contributed by atoms with van der Waals surface area (Å²) in [5.41, 5.74) is 0. The fourth-order valence-corrected chi connectivity index (χ4v) is 1.01. The highest BCUT2D eigenvalue weighted by molar-refractivity contribution is 5.93. The molecule has 0 aliphatic rings. The van der Waals surface area contributed by atoms with Gasteiger partial charge in [-0.3, -0.25) is 4.79 Å². The van der Waals surface area contributed by atoms with Crippen molar-refractivity contribution in [3.05, 3.63) is 24.4 Å². The number of carbonyl (C=O) groups excluding carboxylic acids is 1. The zero-order valence-electron chi connectivity index (χ0n) is 9.38. The van der Waals surface area contributed by atoms with Crippen LogP contribution in [0.1, 0.15) is 13.8 Å². The van der Waals surface area contributed by atoms with Crippen molar-refractivity contribution in [1.29, 1.82) is 0 Å². The van der Waals surface area contributed by atoms with Crippen LogP contribution < -0.4 is 5.32 Å². The second kappa shape index (κ2) is 6.19. The van der Waals surface area contributed by atoms with Crippen LogP contribution >= 0.6 is 0 Å². The number of nitrogens with zero attached hydrogens (tertiary/aromatic N) is 1. The molecular weight excluding hydrogens is 208 g/mol. The first-order valence-electron chi connectivity index (χ1n) is 5.11. The van der Waals surface area contributed by atoms with Gasteiger partial charge in [0.1, 0.15) is 5.82 Å². The van der Waals surface area contributed by atoms with Crippen LogP contribution in [0.5, 0.6) is 0 Å². The van der Waals surface area contributed by atoms with Gasteiger partial charge in [0.05, 0.1) is 12.7 Å². The standard InChI is InChI=1S/C11H16N2O3/c1-8(2)16-7-9(14)11(15)13-10-5-3-4-6-12-10/h3-6,8-9,14H,7H2,1-2H3,(H,12,13,15). The zero-order valence-corrected chi connectivity index (χ0v) is 9.38. The smallest absolute Gasteiger partial charge is 0.256 e. The molecular formula is C11H16N2O3. The van der Waals surface area contributed by atoms with Crippen molar-refractivity contribution >= 4 is 11.7 Å². The largest absolute Gasteiger partial charge is 0.381 e. The highest BCUT2D eigenvalue weighted by atomic mass is 16.5. The van der Waals surface area contributed by atoms with Gasteiger partial charge in [-0.2, -0.15) is 0 Å². The molecule has 0 radical (unpaired) electrons. The summed E-state index contributed by atoms with van der Waals surface area (Å²) in [5.74, 6) is -0.101. The lowest BCUT2D eigenvalue weighted by molar-refractivity contribution is -0.127. The Labute approximate surface area is 94.5 Å². The first-order chi connectivity index (χ1) is 7.59. The molecule has 1 heterocycles. The average molecular weight is 224 g/mol. The molecule has 88 valence electrons. The molecule has 0 fully saturated rings. The lowest BCUT2D eigenvalue weighted by Gasteiger charge is -2.13. The molecule has 1 atom stereocenters. The molecule has 16 heavy (non-hydrogen) atoms. The number of ether oxygens (including phenoxy) is 1. The minimum atomic E-state index is -1.18. The molecule has 1 amide bonds. The van der Waals surface area contributed by atoms with Crippen LogP contribution in [-0.4, -0.2) is 34.8 Å². The summed E-state index contributed by atoms with van der Waals surface area (Å²) in [6.45, 7) is 3.66. The molecule has 0 aromatic carbocycles. The molecule has 0 spiro atoms. The highest BCUT2D eigenvalue weighted by Crippen LogP contribution is 2.01. The summed E-state index contributed by atoms with van der Waals surface area (Å²) in [5, 5.41) is 11.9. The van der Waals surface area contributed by atoms with Gasteiger partial charge in [0.25, 0.3) is 5.91 Å². The predicted octanol–water partition coefficient (Wildman–Crippen LogP) is 0.806. The molecule has 0 aliphatic carbocycles. The quantitative estimate of drug-likeness (QED) is 0.776. The van der Waals surface area contributed by atoms with E-state index in [0.717, 1.165) is 0 Å². The third-order valence-corrected chi connectivity index (χ3v) is 1.81. The van der Waals surface area contributed by atoms with Gasteiger partial charge in [-0.15, -0.1) is 0 Å². The van der Waals surface area contributed by atoms with E-state index in [-0.39, 0.29) is 12.7 Å². The predicted molar refractivity (Wildman–Crippen MR) is 60.0 cm³/mol. The second-order valence-electron chi connectivity index (χ2n) is 3.60. The van der Waals surface area contributed by atoms with E-state index in [0.29, 0.717) is 5.82 Å². The van der Waals surface area contributed by atoms with E-state index in [1.807, 2.05) is 13.8 Å². The fraction of sp³-hybridized carbons (Fsp3) is 0.455. The Bertz CT molecular complexity index is 327. The molecule has 0 saturated carbocycles. The van der Waals surface area contributed by atoms with Crippen LogP contribution in [0.4, 0.5) is 5.82 Å². The maximum absolute atomic E-state index is 11.4. The summed E-state index contributed by atoms with van der Waals surface area (Å²) < 4.78 is 5.13. The van der Waals surface area contributed by atoms with Crippen molar-refractivity contribution in [2.24, 2.45) is 0 Å². The van der Waals surface area contributed by atoms with Crippen molar-refractivity contribution in [1.82, 2.24) is 4.98 Å². The lowest BCUT2D eigenvalue weighted by atomic mass is 10.3. The number of pyridine rings is 1. The third-order valence-electron chi connectivity index (χ3n) is 1.81. The van der Waals surface area contributed by atoms with Crippen molar-refractivity contribution < 1.29 is 14.6 Å². The van der Waals surface area contributed by atoms with Crippen LogP contribution in [-0.2, 0) is 9.53 Å². The third kappa shape index (κ3) is 4.37. The van der Waals surface area contributed by atoms with Gasteiger partial charge in [-0.05, 0) is 26.0 Å².